The van der Waals surface area contributed by atoms with Crippen molar-refractivity contribution in [3.05, 3.63) is 17.8 Å². The molecule has 0 aliphatic heterocycles. The number of aldehydes is 1. The van der Waals surface area contributed by atoms with E-state index in [-0.39, 0.29) is 6.54 Å². The number of carbonyl (C=O) groups is 1. The average molecular weight is 163 g/mol. The molecule has 1 N–H and O–H groups in total. The van der Waals surface area contributed by atoms with Crippen LogP contribution in [0, 0.1) is 5.41 Å². The second-order valence-electron chi connectivity index (χ2n) is 2.22. The summed E-state index contributed by atoms with van der Waals surface area (Å²) in [6, 6.07) is 1.72. The fourth-order valence-corrected chi connectivity index (χ4v) is 1.00. The van der Waals surface area contributed by atoms with Gasteiger partial charge in [0.1, 0.15) is 12.1 Å². The molecule has 0 bridgehead atoms. The molecule has 0 spiro atoms. The summed E-state index contributed by atoms with van der Waals surface area (Å²) in [5.41, 5.74) is 0.673. The molecule has 1 heterocycles. The van der Waals surface area contributed by atoms with Gasteiger partial charge in [0, 0.05) is 18.0 Å². The summed E-state index contributed by atoms with van der Waals surface area (Å²) >= 11 is 0. The Morgan fingerprint density at radius 2 is 2.50 bits per heavy atom. The van der Waals surface area contributed by atoms with E-state index in [0.29, 0.717) is 11.4 Å². The summed E-state index contributed by atoms with van der Waals surface area (Å²) in [4.78, 5) is 13.9. The van der Waals surface area contributed by atoms with Gasteiger partial charge in [-0.2, -0.15) is 0 Å². The van der Waals surface area contributed by atoms with Crippen LogP contribution in [-0.2, 0) is 11.3 Å². The van der Waals surface area contributed by atoms with Gasteiger partial charge in [0.2, 0.25) is 0 Å². The van der Waals surface area contributed by atoms with E-state index >= 15 is 0 Å². The standard InChI is InChI=1S/C8H9N3O/c1-10-8-7(6-9)2-3-11(8)4-5-12/h2-3,5-6,9H,1,4H2. The Labute approximate surface area is 70.1 Å². The van der Waals surface area contributed by atoms with E-state index < -0.39 is 0 Å². The molecule has 0 amide bonds. The van der Waals surface area contributed by atoms with E-state index in [1.165, 1.54) is 6.21 Å². The van der Waals surface area contributed by atoms with Gasteiger partial charge in [-0.25, -0.2) is 4.99 Å². The van der Waals surface area contributed by atoms with Gasteiger partial charge in [-0.1, -0.05) is 0 Å². The maximum atomic E-state index is 10.2. The molecule has 1 rings (SSSR count). The molecule has 62 valence electrons. The lowest BCUT2D eigenvalue weighted by Gasteiger charge is -1.99. The van der Waals surface area contributed by atoms with Crippen LogP contribution in [-0.4, -0.2) is 23.8 Å². The Kier molecular flexibility index (Phi) is 2.53. The third-order valence-corrected chi connectivity index (χ3v) is 1.54. The first-order valence-electron chi connectivity index (χ1n) is 3.43. The maximum Gasteiger partial charge on any atom is 0.141 e. The average Bonchev–Trinajstić information content (AvgIpc) is 2.47. The molecule has 0 aromatic carbocycles. The summed E-state index contributed by atoms with van der Waals surface area (Å²) in [7, 11) is 0. The van der Waals surface area contributed by atoms with Crippen molar-refractivity contribution in [3.63, 3.8) is 0 Å². The molecule has 4 heteroatoms. The molecule has 4 nitrogen and oxygen atoms in total. The van der Waals surface area contributed by atoms with Crippen molar-refractivity contribution < 1.29 is 4.79 Å². The number of carbonyl (C=O) groups excluding carboxylic acids is 1. The summed E-state index contributed by atoms with van der Waals surface area (Å²) < 4.78 is 1.64. The third kappa shape index (κ3) is 1.32. The van der Waals surface area contributed by atoms with Crippen LogP contribution in [0.5, 0.6) is 0 Å². The Morgan fingerprint density at radius 3 is 3.00 bits per heavy atom. The first kappa shape index (κ1) is 8.39. The third-order valence-electron chi connectivity index (χ3n) is 1.54. The maximum absolute atomic E-state index is 10.2. The second kappa shape index (κ2) is 3.61. The van der Waals surface area contributed by atoms with Gasteiger partial charge in [-0.3, -0.25) is 0 Å². The smallest absolute Gasteiger partial charge is 0.141 e. The van der Waals surface area contributed by atoms with E-state index in [4.69, 9.17) is 5.41 Å². The van der Waals surface area contributed by atoms with Gasteiger partial charge in [0.15, 0.2) is 0 Å². The van der Waals surface area contributed by atoms with Gasteiger partial charge in [-0.05, 0) is 12.8 Å². The fourth-order valence-electron chi connectivity index (χ4n) is 1.00. The van der Waals surface area contributed by atoms with Gasteiger partial charge in [0.05, 0.1) is 6.54 Å². The predicted molar refractivity (Wildman–Crippen MR) is 47.6 cm³/mol. The number of aromatic nitrogens is 1. The van der Waals surface area contributed by atoms with E-state index in [2.05, 4.69) is 11.7 Å². The van der Waals surface area contributed by atoms with Crippen LogP contribution in [0.1, 0.15) is 5.56 Å². The van der Waals surface area contributed by atoms with E-state index in [1.54, 1.807) is 16.8 Å². The number of aliphatic imine (C=N–C) groups is 1. The first-order valence-corrected chi connectivity index (χ1v) is 3.43. The second-order valence-corrected chi connectivity index (χ2v) is 2.22. The lowest BCUT2D eigenvalue weighted by molar-refractivity contribution is -0.108. The zero-order valence-corrected chi connectivity index (χ0v) is 6.53. The molecule has 1 aromatic heterocycles. The quantitative estimate of drug-likeness (QED) is 0.522. The molecule has 0 saturated heterocycles. The van der Waals surface area contributed by atoms with Crippen LogP contribution in [0.4, 0.5) is 5.82 Å². The van der Waals surface area contributed by atoms with Crippen molar-refractivity contribution in [3.8, 4) is 0 Å². The van der Waals surface area contributed by atoms with Crippen LogP contribution >= 0.6 is 0 Å². The highest BCUT2D eigenvalue weighted by Gasteiger charge is 2.03. The topological polar surface area (TPSA) is 58.2 Å². The van der Waals surface area contributed by atoms with E-state index in [9.17, 15) is 4.79 Å². The van der Waals surface area contributed by atoms with Gasteiger partial charge >= 0.3 is 0 Å². The monoisotopic (exact) mass is 163 g/mol. The number of nitrogens with zero attached hydrogens (tertiary/aromatic N) is 2. The molecule has 0 saturated carbocycles. The van der Waals surface area contributed by atoms with Crippen molar-refractivity contribution in [1.82, 2.24) is 4.57 Å². The van der Waals surface area contributed by atoms with Crippen molar-refractivity contribution in [1.29, 1.82) is 5.41 Å². The Morgan fingerprint density at radius 1 is 1.75 bits per heavy atom. The van der Waals surface area contributed by atoms with Crippen LogP contribution in [0.25, 0.3) is 0 Å². The minimum absolute atomic E-state index is 0.252. The molecule has 0 atom stereocenters. The number of rotatable bonds is 4. The molecule has 0 aliphatic carbocycles. The summed E-state index contributed by atoms with van der Waals surface area (Å²) in [5, 5.41) is 7.02. The van der Waals surface area contributed by atoms with Crippen LogP contribution in [0.15, 0.2) is 17.3 Å². The molecule has 1 aromatic rings. The summed E-state index contributed by atoms with van der Waals surface area (Å²) in [6.45, 7) is 3.62. The highest BCUT2D eigenvalue weighted by Crippen LogP contribution is 2.17. The molecule has 0 radical (unpaired) electrons. The number of nitrogens with one attached hydrogen (secondary N) is 1. The number of hydrogen-bond acceptors (Lipinski definition) is 3. The Hall–Kier alpha value is -1.71. The van der Waals surface area contributed by atoms with Crippen LogP contribution in [0.3, 0.4) is 0 Å². The fraction of sp³-hybridized carbons (Fsp3) is 0.125. The van der Waals surface area contributed by atoms with Gasteiger partial charge in [0.25, 0.3) is 0 Å². The van der Waals surface area contributed by atoms with Crippen molar-refractivity contribution >= 4 is 25.0 Å². The molecular weight excluding hydrogens is 154 g/mol. The zero-order valence-electron chi connectivity index (χ0n) is 6.53. The zero-order chi connectivity index (χ0) is 8.97. The lowest BCUT2D eigenvalue weighted by Crippen LogP contribution is -1.96. The van der Waals surface area contributed by atoms with Crippen LogP contribution in [0.2, 0.25) is 0 Å². The molecule has 0 aliphatic rings. The summed E-state index contributed by atoms with van der Waals surface area (Å²) in [5.74, 6) is 0.567. The SMILES string of the molecule is C=Nc1c(C=N)ccn1CC=O. The van der Waals surface area contributed by atoms with Crippen molar-refractivity contribution in [2.75, 3.05) is 0 Å². The van der Waals surface area contributed by atoms with Crippen molar-refractivity contribution in [2.45, 2.75) is 6.54 Å². The van der Waals surface area contributed by atoms with Gasteiger partial charge < -0.3 is 14.8 Å². The lowest BCUT2D eigenvalue weighted by atomic mass is 10.3. The first-order chi connectivity index (χ1) is 5.83. The van der Waals surface area contributed by atoms with Gasteiger partial charge in [-0.15, -0.1) is 0 Å². The van der Waals surface area contributed by atoms with E-state index in [0.717, 1.165) is 6.29 Å². The largest absolute Gasteiger partial charge is 0.325 e. The number of hydrogen-bond donors (Lipinski definition) is 1. The summed E-state index contributed by atoms with van der Waals surface area (Å²) in [6.07, 6.45) is 3.67. The van der Waals surface area contributed by atoms with Crippen LogP contribution < -0.4 is 0 Å². The minimum atomic E-state index is 0.252. The Balaban J connectivity index is 3.11. The van der Waals surface area contributed by atoms with Crippen molar-refractivity contribution in [2.24, 2.45) is 4.99 Å². The minimum Gasteiger partial charge on any atom is -0.325 e. The molecule has 0 unspecified atom stereocenters. The molecule has 0 fully saturated rings. The highest BCUT2D eigenvalue weighted by atomic mass is 16.1. The normalized spacial score (nSPS) is 9.33. The molecule has 12 heavy (non-hydrogen) atoms. The molecular formula is C8H9N3O. The van der Waals surface area contributed by atoms with E-state index in [1.807, 2.05) is 0 Å². The predicted octanol–water partition coefficient (Wildman–Crippen LogP) is 1.02. The highest BCUT2D eigenvalue weighted by molar-refractivity contribution is 5.84. The Bertz CT molecular complexity index is 314.